The molecule has 0 spiro atoms. The largest absolute Gasteiger partial charge is 0.493 e. The van der Waals surface area contributed by atoms with E-state index in [4.69, 9.17) is 19.9 Å². The van der Waals surface area contributed by atoms with Crippen molar-refractivity contribution in [2.75, 3.05) is 20.3 Å². The minimum Gasteiger partial charge on any atom is -0.493 e. The Morgan fingerprint density at radius 1 is 1.42 bits per heavy atom. The van der Waals surface area contributed by atoms with Crippen LogP contribution in [0.4, 0.5) is 0 Å². The summed E-state index contributed by atoms with van der Waals surface area (Å²) in [6.45, 7) is 4.23. The molecule has 5 heteroatoms. The van der Waals surface area contributed by atoms with Crippen LogP contribution in [0.15, 0.2) is 18.2 Å². The number of esters is 1. The summed E-state index contributed by atoms with van der Waals surface area (Å²) in [5.74, 6) is 0.741. The van der Waals surface area contributed by atoms with Gasteiger partial charge in [0.15, 0.2) is 17.6 Å². The first-order valence-corrected chi connectivity index (χ1v) is 6.33. The van der Waals surface area contributed by atoms with Crippen molar-refractivity contribution in [1.29, 1.82) is 0 Å². The molecule has 1 unspecified atom stereocenters. The Balaban J connectivity index is 2.93. The van der Waals surface area contributed by atoms with Crippen LogP contribution in [0.2, 0.25) is 0 Å². The second-order valence-electron chi connectivity index (χ2n) is 4.00. The molecular formula is C14H21NO4. The maximum atomic E-state index is 11.6. The zero-order valence-electron chi connectivity index (χ0n) is 11.6. The van der Waals surface area contributed by atoms with Crippen molar-refractivity contribution < 1.29 is 19.0 Å². The molecule has 0 aromatic heterocycles. The molecule has 1 atom stereocenters. The number of nitrogens with two attached hydrogens (primary N) is 1. The summed E-state index contributed by atoms with van der Waals surface area (Å²) in [6.07, 6.45) is -0.0324. The van der Waals surface area contributed by atoms with Crippen LogP contribution >= 0.6 is 0 Å². The normalized spacial score (nSPS) is 11.8. The van der Waals surface area contributed by atoms with E-state index in [0.29, 0.717) is 31.1 Å². The second-order valence-corrected chi connectivity index (χ2v) is 4.00. The number of carbonyl (C=O) groups excluding carboxylic acids is 1. The van der Waals surface area contributed by atoms with Crippen molar-refractivity contribution in [3.8, 4) is 11.5 Å². The second kappa shape index (κ2) is 7.63. The predicted molar refractivity (Wildman–Crippen MR) is 72.5 cm³/mol. The lowest BCUT2D eigenvalue weighted by molar-refractivity contribution is -0.150. The fourth-order valence-electron chi connectivity index (χ4n) is 1.69. The fourth-order valence-corrected chi connectivity index (χ4v) is 1.69. The quantitative estimate of drug-likeness (QED) is 0.758. The molecule has 0 heterocycles. The minimum atomic E-state index is -0.687. The van der Waals surface area contributed by atoms with Crippen LogP contribution in [0.5, 0.6) is 11.5 Å². The van der Waals surface area contributed by atoms with Crippen molar-refractivity contribution in [2.24, 2.45) is 5.73 Å². The predicted octanol–water partition coefficient (Wildman–Crippen LogP) is 1.53. The van der Waals surface area contributed by atoms with Crippen LogP contribution in [0.25, 0.3) is 0 Å². The van der Waals surface area contributed by atoms with Gasteiger partial charge in [0.25, 0.3) is 0 Å². The Morgan fingerprint density at radius 3 is 2.74 bits per heavy atom. The number of ether oxygens (including phenoxy) is 3. The molecule has 0 radical (unpaired) electrons. The number of para-hydroxylation sites is 1. The lowest BCUT2D eigenvalue weighted by Crippen LogP contribution is -2.26. The standard InChI is InChI=1S/C14H21NO4/c1-4-18-14(16)10(2)19-13-11(8-9-15)6-5-7-12(13)17-3/h5-7,10H,4,8-9,15H2,1-3H3. The number of carbonyl (C=O) groups is 1. The molecule has 1 rings (SSSR count). The molecule has 0 aliphatic heterocycles. The van der Waals surface area contributed by atoms with E-state index in [1.807, 2.05) is 12.1 Å². The van der Waals surface area contributed by atoms with E-state index < -0.39 is 12.1 Å². The van der Waals surface area contributed by atoms with Crippen LogP contribution in [0, 0.1) is 0 Å². The van der Waals surface area contributed by atoms with Gasteiger partial charge in [-0.25, -0.2) is 4.79 Å². The summed E-state index contributed by atoms with van der Waals surface area (Å²) in [6, 6.07) is 5.56. The van der Waals surface area contributed by atoms with Gasteiger partial charge in [-0.15, -0.1) is 0 Å². The molecule has 0 aliphatic rings. The highest BCUT2D eigenvalue weighted by atomic mass is 16.6. The van der Waals surface area contributed by atoms with Gasteiger partial charge in [0, 0.05) is 0 Å². The van der Waals surface area contributed by atoms with Crippen LogP contribution in [-0.4, -0.2) is 32.3 Å². The van der Waals surface area contributed by atoms with Gasteiger partial charge in [0.1, 0.15) is 0 Å². The van der Waals surface area contributed by atoms with Gasteiger partial charge in [-0.2, -0.15) is 0 Å². The highest BCUT2D eigenvalue weighted by Gasteiger charge is 2.19. The highest BCUT2D eigenvalue weighted by molar-refractivity contribution is 5.74. The van der Waals surface area contributed by atoms with Gasteiger partial charge in [0.05, 0.1) is 13.7 Å². The third kappa shape index (κ3) is 4.13. The van der Waals surface area contributed by atoms with E-state index in [0.717, 1.165) is 5.56 Å². The van der Waals surface area contributed by atoms with E-state index in [1.165, 1.54) is 0 Å². The van der Waals surface area contributed by atoms with E-state index in [1.54, 1.807) is 27.0 Å². The summed E-state index contributed by atoms with van der Waals surface area (Å²) in [7, 11) is 1.56. The molecule has 19 heavy (non-hydrogen) atoms. The van der Waals surface area contributed by atoms with E-state index >= 15 is 0 Å². The van der Waals surface area contributed by atoms with Crippen LogP contribution < -0.4 is 15.2 Å². The molecule has 0 amide bonds. The Labute approximate surface area is 113 Å². The first kappa shape index (κ1) is 15.3. The zero-order chi connectivity index (χ0) is 14.3. The molecule has 0 aliphatic carbocycles. The average Bonchev–Trinajstić information content (AvgIpc) is 2.41. The topological polar surface area (TPSA) is 70.8 Å². The zero-order valence-corrected chi connectivity index (χ0v) is 11.6. The average molecular weight is 267 g/mol. The van der Waals surface area contributed by atoms with Crippen molar-refractivity contribution in [1.82, 2.24) is 0 Å². The first-order chi connectivity index (χ1) is 9.13. The first-order valence-electron chi connectivity index (χ1n) is 6.33. The van der Waals surface area contributed by atoms with Crippen molar-refractivity contribution >= 4 is 5.97 Å². The van der Waals surface area contributed by atoms with Gasteiger partial charge in [-0.05, 0) is 38.4 Å². The molecule has 1 aromatic carbocycles. The van der Waals surface area contributed by atoms with Gasteiger partial charge >= 0.3 is 5.97 Å². The summed E-state index contributed by atoms with van der Waals surface area (Å²) in [4.78, 5) is 11.6. The number of hydrogen-bond acceptors (Lipinski definition) is 5. The van der Waals surface area contributed by atoms with Crippen molar-refractivity contribution in [3.05, 3.63) is 23.8 Å². The molecule has 2 N–H and O–H groups in total. The molecule has 106 valence electrons. The van der Waals surface area contributed by atoms with Gasteiger partial charge in [-0.1, -0.05) is 12.1 Å². The third-order valence-electron chi connectivity index (χ3n) is 2.61. The molecule has 0 fully saturated rings. The van der Waals surface area contributed by atoms with E-state index in [9.17, 15) is 4.79 Å². The maximum absolute atomic E-state index is 11.6. The highest BCUT2D eigenvalue weighted by Crippen LogP contribution is 2.32. The molecule has 0 saturated heterocycles. The Bertz CT molecular complexity index is 420. The Hall–Kier alpha value is -1.75. The SMILES string of the molecule is CCOC(=O)C(C)Oc1c(CCN)cccc1OC. The summed E-state index contributed by atoms with van der Waals surface area (Å²) >= 11 is 0. The third-order valence-corrected chi connectivity index (χ3v) is 2.61. The molecule has 5 nitrogen and oxygen atoms in total. The molecule has 0 saturated carbocycles. The van der Waals surface area contributed by atoms with Gasteiger partial charge in [-0.3, -0.25) is 0 Å². The Morgan fingerprint density at radius 2 is 2.16 bits per heavy atom. The molecule has 0 bridgehead atoms. The smallest absolute Gasteiger partial charge is 0.347 e. The number of benzene rings is 1. The summed E-state index contributed by atoms with van der Waals surface area (Å²) < 4.78 is 15.9. The minimum absolute atomic E-state index is 0.327. The van der Waals surface area contributed by atoms with Crippen LogP contribution in [-0.2, 0) is 16.0 Å². The molecular weight excluding hydrogens is 246 g/mol. The van der Waals surface area contributed by atoms with Gasteiger partial charge < -0.3 is 19.9 Å². The van der Waals surface area contributed by atoms with E-state index in [-0.39, 0.29) is 0 Å². The molecule has 1 aromatic rings. The van der Waals surface area contributed by atoms with Crippen LogP contribution in [0.3, 0.4) is 0 Å². The fraction of sp³-hybridized carbons (Fsp3) is 0.500. The van der Waals surface area contributed by atoms with E-state index in [2.05, 4.69) is 0 Å². The van der Waals surface area contributed by atoms with Crippen molar-refractivity contribution in [3.63, 3.8) is 0 Å². The summed E-state index contributed by atoms with van der Waals surface area (Å²) in [5.41, 5.74) is 6.49. The van der Waals surface area contributed by atoms with Crippen LogP contribution in [0.1, 0.15) is 19.4 Å². The Kier molecular flexibility index (Phi) is 6.15. The van der Waals surface area contributed by atoms with Crippen molar-refractivity contribution in [2.45, 2.75) is 26.4 Å². The number of methoxy groups -OCH3 is 1. The van der Waals surface area contributed by atoms with Gasteiger partial charge in [0.2, 0.25) is 0 Å². The lowest BCUT2D eigenvalue weighted by Gasteiger charge is -2.18. The summed E-state index contributed by atoms with van der Waals surface area (Å²) in [5, 5.41) is 0. The maximum Gasteiger partial charge on any atom is 0.347 e. The lowest BCUT2D eigenvalue weighted by atomic mass is 10.1. The monoisotopic (exact) mass is 267 g/mol. The number of hydrogen-bond donors (Lipinski definition) is 1. The number of rotatable bonds is 7.